The number of hydrogen-bond donors (Lipinski definition) is 0. The summed E-state index contributed by atoms with van der Waals surface area (Å²) in [7, 11) is 0. The van der Waals surface area contributed by atoms with Crippen LogP contribution >= 0.6 is 0 Å². The van der Waals surface area contributed by atoms with Gasteiger partial charge in [-0.05, 0) is 45.1 Å². The van der Waals surface area contributed by atoms with Gasteiger partial charge in [0.2, 0.25) is 5.91 Å². The van der Waals surface area contributed by atoms with Gasteiger partial charge in [-0.15, -0.1) is 10.2 Å². The fourth-order valence-electron chi connectivity index (χ4n) is 5.01. The van der Waals surface area contributed by atoms with Gasteiger partial charge in [-0.2, -0.15) is 0 Å². The minimum atomic E-state index is 0.331. The van der Waals surface area contributed by atoms with Crippen molar-refractivity contribution < 1.29 is 4.79 Å². The summed E-state index contributed by atoms with van der Waals surface area (Å²) in [5.74, 6) is 3.11. The van der Waals surface area contributed by atoms with Crippen LogP contribution in [0.3, 0.4) is 0 Å². The summed E-state index contributed by atoms with van der Waals surface area (Å²) in [5, 5.41) is 9.07. The molecule has 3 aliphatic rings. The largest absolute Gasteiger partial charge is 0.342 e. The van der Waals surface area contributed by atoms with E-state index in [1.54, 1.807) is 0 Å². The Bertz CT molecular complexity index is 620. The minimum absolute atomic E-state index is 0.331. The highest BCUT2D eigenvalue weighted by Crippen LogP contribution is 2.28. The van der Waals surface area contributed by atoms with Crippen LogP contribution in [-0.2, 0) is 17.8 Å². The standard InChI is InChI=1S/C21H35N5O/c27-20(25-13-6-2-1-3-7-14-25)17-24-12-9-10-18(16-24)21-23-22-19-11-5-4-8-15-26(19)21/h18H,1-17H2. The number of carbonyl (C=O) groups is 1. The van der Waals surface area contributed by atoms with E-state index >= 15 is 0 Å². The quantitative estimate of drug-likeness (QED) is 0.817. The van der Waals surface area contributed by atoms with Gasteiger partial charge < -0.3 is 9.47 Å². The number of likely N-dealkylation sites (tertiary alicyclic amines) is 2. The molecule has 0 aliphatic carbocycles. The molecule has 27 heavy (non-hydrogen) atoms. The molecule has 2 saturated heterocycles. The molecular weight excluding hydrogens is 338 g/mol. The third kappa shape index (κ3) is 4.71. The SMILES string of the molecule is O=C(CN1CCCC(c2nnc3n2CCCCC3)C1)N1CCCCCCC1. The van der Waals surface area contributed by atoms with E-state index in [-0.39, 0.29) is 0 Å². The van der Waals surface area contributed by atoms with Gasteiger partial charge in [-0.1, -0.05) is 25.7 Å². The Hall–Kier alpha value is -1.43. The Kier molecular flexibility index (Phi) is 6.43. The summed E-state index contributed by atoms with van der Waals surface area (Å²) in [6, 6.07) is 0. The summed E-state index contributed by atoms with van der Waals surface area (Å²) in [4.78, 5) is 17.3. The Morgan fingerprint density at radius 1 is 0.852 bits per heavy atom. The van der Waals surface area contributed by atoms with Crippen molar-refractivity contribution in [3.8, 4) is 0 Å². The molecule has 1 amide bonds. The fraction of sp³-hybridized carbons (Fsp3) is 0.857. The highest BCUT2D eigenvalue weighted by Gasteiger charge is 2.29. The average molecular weight is 374 g/mol. The first-order chi connectivity index (χ1) is 13.3. The molecule has 0 N–H and O–H groups in total. The summed E-state index contributed by atoms with van der Waals surface area (Å²) < 4.78 is 2.39. The van der Waals surface area contributed by atoms with E-state index < -0.39 is 0 Å². The Balaban J connectivity index is 1.37. The van der Waals surface area contributed by atoms with E-state index in [1.165, 1.54) is 69.4 Å². The van der Waals surface area contributed by atoms with Crippen LogP contribution in [0.2, 0.25) is 0 Å². The summed E-state index contributed by atoms with van der Waals surface area (Å²) in [5.41, 5.74) is 0. The first kappa shape index (κ1) is 18.9. The van der Waals surface area contributed by atoms with Crippen molar-refractivity contribution in [2.75, 3.05) is 32.7 Å². The third-order valence-corrected chi connectivity index (χ3v) is 6.58. The topological polar surface area (TPSA) is 54.3 Å². The number of rotatable bonds is 3. The smallest absolute Gasteiger partial charge is 0.236 e. The van der Waals surface area contributed by atoms with Crippen LogP contribution in [0, 0.1) is 0 Å². The molecule has 150 valence electrons. The molecule has 0 radical (unpaired) electrons. The molecule has 1 aromatic heterocycles. The van der Waals surface area contributed by atoms with Crippen LogP contribution in [0.4, 0.5) is 0 Å². The maximum absolute atomic E-state index is 12.9. The molecule has 0 bridgehead atoms. The van der Waals surface area contributed by atoms with Crippen molar-refractivity contribution in [3.63, 3.8) is 0 Å². The Labute approximate surface area is 163 Å². The van der Waals surface area contributed by atoms with Gasteiger partial charge in [0.1, 0.15) is 11.6 Å². The van der Waals surface area contributed by atoms with E-state index in [4.69, 9.17) is 0 Å². The molecule has 6 heteroatoms. The average Bonchev–Trinajstić information content (AvgIpc) is 2.90. The number of hydrogen-bond acceptors (Lipinski definition) is 4. The number of fused-ring (bicyclic) bond motifs is 1. The van der Waals surface area contributed by atoms with Crippen LogP contribution in [0.5, 0.6) is 0 Å². The Morgan fingerprint density at radius 3 is 2.44 bits per heavy atom. The first-order valence-electron chi connectivity index (χ1n) is 11.2. The van der Waals surface area contributed by atoms with Crippen molar-refractivity contribution in [1.29, 1.82) is 0 Å². The lowest BCUT2D eigenvalue weighted by atomic mass is 9.97. The number of piperidine rings is 1. The highest BCUT2D eigenvalue weighted by atomic mass is 16.2. The number of carbonyl (C=O) groups excluding carboxylic acids is 1. The second kappa shape index (κ2) is 9.18. The lowest BCUT2D eigenvalue weighted by Crippen LogP contribution is -2.45. The van der Waals surface area contributed by atoms with Gasteiger partial charge >= 0.3 is 0 Å². The van der Waals surface area contributed by atoms with Crippen LogP contribution < -0.4 is 0 Å². The predicted octanol–water partition coefficient (Wildman–Crippen LogP) is 2.98. The number of amides is 1. The molecule has 2 fully saturated rings. The van der Waals surface area contributed by atoms with Crippen molar-refractivity contribution in [3.05, 3.63) is 11.6 Å². The molecule has 1 unspecified atom stereocenters. The lowest BCUT2D eigenvalue weighted by Gasteiger charge is -2.34. The highest BCUT2D eigenvalue weighted by molar-refractivity contribution is 5.78. The van der Waals surface area contributed by atoms with E-state index in [0.29, 0.717) is 18.4 Å². The van der Waals surface area contributed by atoms with E-state index in [9.17, 15) is 4.79 Å². The number of aryl methyl sites for hydroxylation is 1. The molecular formula is C21H35N5O. The molecule has 3 aliphatic heterocycles. The van der Waals surface area contributed by atoms with E-state index in [1.807, 2.05) is 0 Å². The monoisotopic (exact) mass is 373 g/mol. The van der Waals surface area contributed by atoms with Crippen LogP contribution in [-0.4, -0.2) is 63.2 Å². The lowest BCUT2D eigenvalue weighted by molar-refractivity contribution is -0.133. The molecule has 1 atom stereocenters. The van der Waals surface area contributed by atoms with Crippen molar-refractivity contribution in [2.24, 2.45) is 0 Å². The van der Waals surface area contributed by atoms with Crippen molar-refractivity contribution in [2.45, 2.75) is 83.1 Å². The van der Waals surface area contributed by atoms with Gasteiger partial charge in [0.25, 0.3) is 0 Å². The van der Waals surface area contributed by atoms with Crippen LogP contribution in [0.25, 0.3) is 0 Å². The van der Waals surface area contributed by atoms with Gasteiger partial charge in [0.15, 0.2) is 0 Å². The summed E-state index contributed by atoms with van der Waals surface area (Å²) in [6.07, 6.45) is 13.4. The van der Waals surface area contributed by atoms with Crippen molar-refractivity contribution in [1.82, 2.24) is 24.6 Å². The van der Waals surface area contributed by atoms with Gasteiger partial charge in [0, 0.05) is 38.5 Å². The van der Waals surface area contributed by atoms with E-state index in [2.05, 4.69) is 24.6 Å². The van der Waals surface area contributed by atoms with Crippen LogP contribution in [0.15, 0.2) is 0 Å². The summed E-state index contributed by atoms with van der Waals surface area (Å²) >= 11 is 0. The molecule has 0 spiro atoms. The zero-order valence-electron chi connectivity index (χ0n) is 16.7. The van der Waals surface area contributed by atoms with E-state index in [0.717, 1.165) is 45.6 Å². The van der Waals surface area contributed by atoms with Crippen LogP contribution in [0.1, 0.15) is 81.8 Å². The number of nitrogens with zero attached hydrogens (tertiary/aromatic N) is 5. The molecule has 4 rings (SSSR count). The molecule has 1 aromatic rings. The maximum Gasteiger partial charge on any atom is 0.236 e. The second-order valence-electron chi connectivity index (χ2n) is 8.66. The third-order valence-electron chi connectivity index (χ3n) is 6.58. The maximum atomic E-state index is 12.9. The number of aromatic nitrogens is 3. The normalized spacial score (nSPS) is 25.3. The molecule has 0 aromatic carbocycles. The van der Waals surface area contributed by atoms with Gasteiger partial charge in [-0.25, -0.2) is 0 Å². The molecule has 0 saturated carbocycles. The minimum Gasteiger partial charge on any atom is -0.342 e. The second-order valence-corrected chi connectivity index (χ2v) is 8.66. The van der Waals surface area contributed by atoms with Gasteiger partial charge in [0.05, 0.1) is 6.54 Å². The zero-order chi connectivity index (χ0) is 18.5. The zero-order valence-corrected chi connectivity index (χ0v) is 16.7. The Morgan fingerprint density at radius 2 is 1.59 bits per heavy atom. The molecule has 6 nitrogen and oxygen atoms in total. The van der Waals surface area contributed by atoms with Crippen molar-refractivity contribution >= 4 is 5.91 Å². The summed E-state index contributed by atoms with van der Waals surface area (Å²) in [6.45, 7) is 5.55. The predicted molar refractivity (Wildman–Crippen MR) is 106 cm³/mol. The fourth-order valence-corrected chi connectivity index (χ4v) is 5.01. The first-order valence-corrected chi connectivity index (χ1v) is 11.2. The molecule has 4 heterocycles. The van der Waals surface area contributed by atoms with Gasteiger partial charge in [-0.3, -0.25) is 9.69 Å².